The number of rotatable bonds is 0. The molecule has 1 amide bonds. The average Bonchev–Trinajstić information content (AvgIpc) is 2.36. The number of carbonyl (C=O) groups excluding carboxylic acids is 1. The molecule has 1 aliphatic heterocycles. The summed E-state index contributed by atoms with van der Waals surface area (Å²) in [5.74, 6) is 0.0134. The number of fused-ring (bicyclic) bond motifs is 3. The SMILES string of the molecule is CC(C)(C)N1CC(=O)Nc2cnc3ccccc3c21. The van der Waals surface area contributed by atoms with Crippen molar-refractivity contribution in [1.29, 1.82) is 0 Å². The quantitative estimate of drug-likeness (QED) is 0.787. The summed E-state index contributed by atoms with van der Waals surface area (Å²) in [6.07, 6.45) is 1.74. The van der Waals surface area contributed by atoms with Crippen LogP contribution in [0.1, 0.15) is 20.8 Å². The molecule has 0 aliphatic carbocycles. The molecule has 0 saturated heterocycles. The van der Waals surface area contributed by atoms with Crippen molar-refractivity contribution in [3.05, 3.63) is 30.5 Å². The van der Waals surface area contributed by atoms with Gasteiger partial charge >= 0.3 is 0 Å². The number of nitrogens with zero attached hydrogens (tertiary/aromatic N) is 2. The summed E-state index contributed by atoms with van der Waals surface area (Å²) in [4.78, 5) is 18.4. The molecule has 1 aromatic heterocycles. The molecular formula is C15H17N3O. The first-order chi connectivity index (χ1) is 8.97. The number of benzene rings is 1. The second-order valence-corrected chi connectivity index (χ2v) is 5.84. The molecule has 4 nitrogen and oxygen atoms in total. The average molecular weight is 255 g/mol. The fourth-order valence-electron chi connectivity index (χ4n) is 2.49. The van der Waals surface area contributed by atoms with Gasteiger partial charge in [0.15, 0.2) is 0 Å². The van der Waals surface area contributed by atoms with E-state index in [2.05, 4.69) is 42.0 Å². The van der Waals surface area contributed by atoms with Gasteiger partial charge in [-0.2, -0.15) is 0 Å². The van der Waals surface area contributed by atoms with Crippen LogP contribution in [0.3, 0.4) is 0 Å². The third kappa shape index (κ3) is 1.93. The topological polar surface area (TPSA) is 45.2 Å². The normalized spacial score (nSPS) is 15.3. The lowest BCUT2D eigenvalue weighted by atomic mass is 10.0. The summed E-state index contributed by atoms with van der Waals surface area (Å²) < 4.78 is 0. The van der Waals surface area contributed by atoms with Crippen molar-refractivity contribution in [3.8, 4) is 0 Å². The molecule has 0 spiro atoms. The van der Waals surface area contributed by atoms with E-state index in [1.165, 1.54) is 0 Å². The molecule has 1 N–H and O–H groups in total. The van der Waals surface area contributed by atoms with E-state index in [4.69, 9.17) is 0 Å². The Bertz CT molecular complexity index is 658. The Morgan fingerprint density at radius 2 is 2.00 bits per heavy atom. The third-order valence-corrected chi connectivity index (χ3v) is 3.40. The van der Waals surface area contributed by atoms with Crippen LogP contribution in [0.4, 0.5) is 11.4 Å². The maximum absolute atomic E-state index is 11.8. The van der Waals surface area contributed by atoms with Gasteiger partial charge in [0, 0.05) is 10.9 Å². The molecule has 19 heavy (non-hydrogen) atoms. The first kappa shape index (κ1) is 12.0. The Kier molecular flexibility index (Phi) is 2.49. The van der Waals surface area contributed by atoms with Crippen LogP contribution in [-0.4, -0.2) is 23.0 Å². The first-order valence-electron chi connectivity index (χ1n) is 6.42. The lowest BCUT2D eigenvalue weighted by Crippen LogP contribution is -2.49. The molecule has 0 radical (unpaired) electrons. The molecule has 0 unspecified atom stereocenters. The predicted octanol–water partition coefficient (Wildman–Crippen LogP) is 2.79. The summed E-state index contributed by atoms with van der Waals surface area (Å²) in [7, 11) is 0. The minimum atomic E-state index is -0.114. The standard InChI is InChI=1S/C15H17N3O/c1-15(2,3)18-9-13(19)17-12-8-16-11-7-5-4-6-10(11)14(12)18/h4-8H,9H2,1-3H3,(H,17,19). The van der Waals surface area contributed by atoms with Crippen molar-refractivity contribution < 1.29 is 4.79 Å². The van der Waals surface area contributed by atoms with Gasteiger partial charge in [0.05, 0.1) is 29.6 Å². The van der Waals surface area contributed by atoms with Gasteiger partial charge in [-0.15, -0.1) is 0 Å². The van der Waals surface area contributed by atoms with Gasteiger partial charge in [0.1, 0.15) is 0 Å². The van der Waals surface area contributed by atoms with E-state index in [1.54, 1.807) is 6.20 Å². The highest BCUT2D eigenvalue weighted by molar-refractivity contribution is 6.08. The molecule has 3 rings (SSSR count). The van der Waals surface area contributed by atoms with Crippen molar-refractivity contribution in [2.24, 2.45) is 0 Å². The monoisotopic (exact) mass is 255 g/mol. The van der Waals surface area contributed by atoms with Crippen LogP contribution < -0.4 is 10.2 Å². The van der Waals surface area contributed by atoms with Crippen LogP contribution in [0.5, 0.6) is 0 Å². The zero-order valence-corrected chi connectivity index (χ0v) is 11.4. The molecule has 0 saturated carbocycles. The van der Waals surface area contributed by atoms with Gasteiger partial charge in [-0.3, -0.25) is 9.78 Å². The number of anilines is 2. The van der Waals surface area contributed by atoms with E-state index in [-0.39, 0.29) is 11.4 Å². The Labute approximate surface area is 112 Å². The summed E-state index contributed by atoms with van der Waals surface area (Å²) in [6, 6.07) is 8.02. The van der Waals surface area contributed by atoms with Gasteiger partial charge in [-0.05, 0) is 26.8 Å². The lowest BCUT2D eigenvalue weighted by molar-refractivity contribution is -0.115. The largest absolute Gasteiger partial charge is 0.355 e. The van der Waals surface area contributed by atoms with Gasteiger partial charge < -0.3 is 10.2 Å². The second-order valence-electron chi connectivity index (χ2n) is 5.84. The first-order valence-corrected chi connectivity index (χ1v) is 6.42. The Balaban J connectivity index is 2.31. The number of carbonyl (C=O) groups is 1. The van der Waals surface area contributed by atoms with E-state index in [0.717, 1.165) is 22.3 Å². The van der Waals surface area contributed by atoms with E-state index in [0.29, 0.717) is 6.54 Å². The molecule has 1 aromatic carbocycles. The Morgan fingerprint density at radius 3 is 2.74 bits per heavy atom. The van der Waals surface area contributed by atoms with Crippen molar-refractivity contribution in [2.45, 2.75) is 26.3 Å². The number of aromatic nitrogens is 1. The van der Waals surface area contributed by atoms with Gasteiger partial charge in [0.25, 0.3) is 0 Å². The van der Waals surface area contributed by atoms with Crippen LogP contribution in [0.15, 0.2) is 30.5 Å². The smallest absolute Gasteiger partial charge is 0.244 e. The van der Waals surface area contributed by atoms with E-state index >= 15 is 0 Å². The molecule has 2 aromatic rings. The van der Waals surface area contributed by atoms with Crippen molar-refractivity contribution in [2.75, 3.05) is 16.8 Å². The van der Waals surface area contributed by atoms with Gasteiger partial charge in [-0.1, -0.05) is 18.2 Å². The van der Waals surface area contributed by atoms with Crippen molar-refractivity contribution in [3.63, 3.8) is 0 Å². The van der Waals surface area contributed by atoms with Crippen LogP contribution in [0, 0.1) is 0 Å². The molecule has 0 fully saturated rings. The summed E-state index contributed by atoms with van der Waals surface area (Å²) in [6.45, 7) is 6.73. The number of amides is 1. The van der Waals surface area contributed by atoms with Crippen molar-refractivity contribution >= 4 is 28.2 Å². The maximum Gasteiger partial charge on any atom is 0.244 e. The molecule has 98 valence electrons. The highest BCUT2D eigenvalue weighted by Gasteiger charge is 2.31. The summed E-state index contributed by atoms with van der Waals surface area (Å²) >= 11 is 0. The fraction of sp³-hybridized carbons (Fsp3) is 0.333. The third-order valence-electron chi connectivity index (χ3n) is 3.40. The highest BCUT2D eigenvalue weighted by Crippen LogP contribution is 2.39. The molecule has 0 atom stereocenters. The zero-order chi connectivity index (χ0) is 13.6. The minimum Gasteiger partial charge on any atom is -0.355 e. The lowest BCUT2D eigenvalue weighted by Gasteiger charge is -2.41. The number of pyridine rings is 1. The van der Waals surface area contributed by atoms with Crippen molar-refractivity contribution in [1.82, 2.24) is 4.98 Å². The predicted molar refractivity (Wildman–Crippen MR) is 77.5 cm³/mol. The molecular weight excluding hydrogens is 238 g/mol. The summed E-state index contributed by atoms with van der Waals surface area (Å²) in [5.41, 5.74) is 2.70. The van der Waals surface area contributed by atoms with Crippen LogP contribution in [0.2, 0.25) is 0 Å². The number of para-hydroxylation sites is 1. The highest BCUT2D eigenvalue weighted by atomic mass is 16.2. The van der Waals surface area contributed by atoms with E-state index < -0.39 is 0 Å². The zero-order valence-electron chi connectivity index (χ0n) is 11.4. The van der Waals surface area contributed by atoms with E-state index in [1.807, 2.05) is 18.2 Å². The maximum atomic E-state index is 11.8. The number of hydrogen-bond acceptors (Lipinski definition) is 3. The number of hydrogen-bond donors (Lipinski definition) is 1. The van der Waals surface area contributed by atoms with Gasteiger partial charge in [-0.25, -0.2) is 0 Å². The van der Waals surface area contributed by atoms with Crippen LogP contribution >= 0.6 is 0 Å². The molecule has 0 bridgehead atoms. The summed E-state index contributed by atoms with van der Waals surface area (Å²) in [5, 5.41) is 3.99. The fourth-order valence-corrected chi connectivity index (χ4v) is 2.49. The molecule has 1 aliphatic rings. The van der Waals surface area contributed by atoms with Gasteiger partial charge in [0.2, 0.25) is 5.91 Å². The number of nitrogens with one attached hydrogen (secondary N) is 1. The molecule has 4 heteroatoms. The Hall–Kier alpha value is -2.10. The van der Waals surface area contributed by atoms with Crippen LogP contribution in [0.25, 0.3) is 10.9 Å². The molecule has 2 heterocycles. The van der Waals surface area contributed by atoms with E-state index in [9.17, 15) is 4.79 Å². The second kappa shape index (κ2) is 3.95. The Morgan fingerprint density at radius 1 is 1.26 bits per heavy atom. The van der Waals surface area contributed by atoms with Crippen LogP contribution in [-0.2, 0) is 4.79 Å². The minimum absolute atomic E-state index is 0.0134.